The molecule has 0 aliphatic heterocycles. The zero-order chi connectivity index (χ0) is 13.0. The van der Waals surface area contributed by atoms with Gasteiger partial charge in [-0.15, -0.1) is 0 Å². The van der Waals surface area contributed by atoms with Crippen molar-refractivity contribution in [3.8, 4) is 5.75 Å². The first-order valence-corrected chi connectivity index (χ1v) is 6.08. The van der Waals surface area contributed by atoms with E-state index in [0.29, 0.717) is 6.61 Å². The van der Waals surface area contributed by atoms with Crippen LogP contribution in [0.15, 0.2) is 36.5 Å². The molecule has 0 saturated heterocycles. The van der Waals surface area contributed by atoms with E-state index in [-0.39, 0.29) is 6.04 Å². The van der Waals surface area contributed by atoms with Crippen LogP contribution in [0, 0.1) is 0 Å². The van der Waals surface area contributed by atoms with Crippen LogP contribution in [0.5, 0.6) is 5.75 Å². The molecule has 4 nitrogen and oxygen atoms in total. The Balaban J connectivity index is 2.09. The van der Waals surface area contributed by atoms with Crippen LogP contribution in [0.3, 0.4) is 0 Å². The third kappa shape index (κ3) is 2.90. The first-order chi connectivity index (χ1) is 8.70. The second-order valence-corrected chi connectivity index (χ2v) is 4.32. The Bertz CT molecular complexity index is 507. The maximum absolute atomic E-state index is 5.84. The SMILES string of the molecule is CNC(C)c1ccccc1OCc1ccn(C)n1. The van der Waals surface area contributed by atoms with E-state index < -0.39 is 0 Å². The average Bonchev–Trinajstić information content (AvgIpc) is 2.81. The van der Waals surface area contributed by atoms with E-state index in [0.717, 1.165) is 17.0 Å². The van der Waals surface area contributed by atoms with Crippen LogP contribution in [0.2, 0.25) is 0 Å². The Morgan fingerprint density at radius 1 is 1.33 bits per heavy atom. The molecule has 1 aromatic carbocycles. The van der Waals surface area contributed by atoms with Crippen molar-refractivity contribution >= 4 is 0 Å². The zero-order valence-corrected chi connectivity index (χ0v) is 11.1. The summed E-state index contributed by atoms with van der Waals surface area (Å²) in [5, 5.41) is 7.52. The predicted octanol–water partition coefficient (Wildman–Crippen LogP) is 2.28. The molecule has 0 amide bonds. The van der Waals surface area contributed by atoms with Crippen molar-refractivity contribution in [3.63, 3.8) is 0 Å². The number of aryl methyl sites for hydroxylation is 1. The summed E-state index contributed by atoms with van der Waals surface area (Å²) < 4.78 is 7.62. The van der Waals surface area contributed by atoms with E-state index >= 15 is 0 Å². The van der Waals surface area contributed by atoms with Crippen LogP contribution < -0.4 is 10.1 Å². The third-order valence-electron chi connectivity index (χ3n) is 2.96. The number of aromatic nitrogens is 2. The number of nitrogens with one attached hydrogen (secondary N) is 1. The van der Waals surface area contributed by atoms with Gasteiger partial charge in [0.1, 0.15) is 12.4 Å². The minimum absolute atomic E-state index is 0.268. The Kier molecular flexibility index (Phi) is 3.99. The quantitative estimate of drug-likeness (QED) is 0.878. The van der Waals surface area contributed by atoms with Crippen LogP contribution in [-0.4, -0.2) is 16.8 Å². The molecule has 1 aromatic heterocycles. The molecule has 0 bridgehead atoms. The van der Waals surface area contributed by atoms with Gasteiger partial charge in [0.05, 0.1) is 5.69 Å². The third-order valence-corrected chi connectivity index (χ3v) is 2.96. The van der Waals surface area contributed by atoms with Crippen molar-refractivity contribution in [2.45, 2.75) is 19.6 Å². The molecule has 96 valence electrons. The summed E-state index contributed by atoms with van der Waals surface area (Å²) in [7, 11) is 3.85. The number of hydrogen-bond donors (Lipinski definition) is 1. The predicted molar refractivity (Wildman–Crippen MR) is 71.5 cm³/mol. The van der Waals surface area contributed by atoms with Gasteiger partial charge in [0, 0.05) is 24.8 Å². The van der Waals surface area contributed by atoms with Gasteiger partial charge in [-0.2, -0.15) is 5.10 Å². The number of benzene rings is 1. The molecule has 0 radical (unpaired) electrons. The van der Waals surface area contributed by atoms with Gasteiger partial charge in [0.15, 0.2) is 0 Å². The summed E-state index contributed by atoms with van der Waals surface area (Å²) in [6, 6.07) is 10.3. The molecule has 1 heterocycles. The lowest BCUT2D eigenvalue weighted by atomic mass is 10.1. The Morgan fingerprint density at radius 2 is 2.11 bits per heavy atom. The number of hydrogen-bond acceptors (Lipinski definition) is 3. The molecular formula is C14H19N3O. The van der Waals surface area contributed by atoms with E-state index in [4.69, 9.17) is 4.74 Å². The summed E-state index contributed by atoms with van der Waals surface area (Å²) >= 11 is 0. The van der Waals surface area contributed by atoms with E-state index in [2.05, 4.69) is 23.4 Å². The van der Waals surface area contributed by atoms with Crippen molar-refractivity contribution in [1.29, 1.82) is 0 Å². The molecule has 1 N–H and O–H groups in total. The number of nitrogens with zero attached hydrogens (tertiary/aromatic N) is 2. The molecular weight excluding hydrogens is 226 g/mol. The first kappa shape index (κ1) is 12.6. The van der Waals surface area contributed by atoms with Crippen molar-refractivity contribution in [2.24, 2.45) is 7.05 Å². The zero-order valence-electron chi connectivity index (χ0n) is 11.1. The van der Waals surface area contributed by atoms with E-state index in [9.17, 15) is 0 Å². The summed E-state index contributed by atoms with van der Waals surface area (Å²) in [4.78, 5) is 0. The second kappa shape index (κ2) is 5.69. The lowest BCUT2D eigenvalue weighted by Gasteiger charge is -2.15. The summed E-state index contributed by atoms with van der Waals surface area (Å²) in [6.45, 7) is 2.61. The molecule has 0 aliphatic rings. The van der Waals surface area contributed by atoms with Crippen molar-refractivity contribution in [2.75, 3.05) is 7.05 Å². The second-order valence-electron chi connectivity index (χ2n) is 4.32. The molecule has 18 heavy (non-hydrogen) atoms. The fourth-order valence-corrected chi connectivity index (χ4v) is 1.82. The van der Waals surface area contributed by atoms with Gasteiger partial charge in [-0.05, 0) is 26.1 Å². The van der Waals surface area contributed by atoms with Gasteiger partial charge in [0.2, 0.25) is 0 Å². The fraction of sp³-hybridized carbons (Fsp3) is 0.357. The highest BCUT2D eigenvalue weighted by Crippen LogP contribution is 2.25. The normalized spacial score (nSPS) is 12.4. The van der Waals surface area contributed by atoms with Crippen molar-refractivity contribution in [3.05, 3.63) is 47.8 Å². The van der Waals surface area contributed by atoms with Gasteiger partial charge in [-0.3, -0.25) is 4.68 Å². The van der Waals surface area contributed by atoms with Gasteiger partial charge < -0.3 is 10.1 Å². The highest BCUT2D eigenvalue weighted by molar-refractivity contribution is 5.35. The van der Waals surface area contributed by atoms with Gasteiger partial charge in [0.25, 0.3) is 0 Å². The minimum Gasteiger partial charge on any atom is -0.487 e. The van der Waals surface area contributed by atoms with Gasteiger partial charge in [-0.25, -0.2) is 0 Å². The Morgan fingerprint density at radius 3 is 2.78 bits per heavy atom. The molecule has 0 fully saturated rings. The molecule has 2 aromatic rings. The topological polar surface area (TPSA) is 39.1 Å². The lowest BCUT2D eigenvalue weighted by Crippen LogP contribution is -2.13. The van der Waals surface area contributed by atoms with E-state index in [1.54, 1.807) is 4.68 Å². The smallest absolute Gasteiger partial charge is 0.132 e. The fourth-order valence-electron chi connectivity index (χ4n) is 1.82. The Hall–Kier alpha value is -1.81. The van der Waals surface area contributed by atoms with Crippen molar-refractivity contribution in [1.82, 2.24) is 15.1 Å². The van der Waals surface area contributed by atoms with Crippen LogP contribution in [0.4, 0.5) is 0 Å². The molecule has 0 spiro atoms. The average molecular weight is 245 g/mol. The van der Waals surface area contributed by atoms with E-state index in [1.807, 2.05) is 44.6 Å². The van der Waals surface area contributed by atoms with Crippen LogP contribution in [-0.2, 0) is 13.7 Å². The highest BCUT2D eigenvalue weighted by atomic mass is 16.5. The summed E-state index contributed by atoms with van der Waals surface area (Å²) in [5.74, 6) is 0.907. The van der Waals surface area contributed by atoms with Crippen LogP contribution in [0.25, 0.3) is 0 Å². The molecule has 1 unspecified atom stereocenters. The number of rotatable bonds is 5. The highest BCUT2D eigenvalue weighted by Gasteiger charge is 2.09. The molecule has 1 atom stereocenters. The largest absolute Gasteiger partial charge is 0.487 e. The minimum atomic E-state index is 0.268. The lowest BCUT2D eigenvalue weighted by molar-refractivity contribution is 0.294. The number of para-hydroxylation sites is 1. The first-order valence-electron chi connectivity index (χ1n) is 6.08. The molecule has 0 aliphatic carbocycles. The number of ether oxygens (including phenoxy) is 1. The Labute approximate surface area is 108 Å². The maximum atomic E-state index is 5.84. The summed E-state index contributed by atoms with van der Waals surface area (Å²) in [5.41, 5.74) is 2.10. The maximum Gasteiger partial charge on any atom is 0.132 e. The monoisotopic (exact) mass is 245 g/mol. The van der Waals surface area contributed by atoms with Crippen LogP contribution >= 0.6 is 0 Å². The van der Waals surface area contributed by atoms with Crippen molar-refractivity contribution < 1.29 is 4.74 Å². The van der Waals surface area contributed by atoms with Gasteiger partial charge >= 0.3 is 0 Å². The molecule has 2 rings (SSSR count). The van der Waals surface area contributed by atoms with Crippen LogP contribution in [0.1, 0.15) is 24.2 Å². The molecule has 0 saturated carbocycles. The van der Waals surface area contributed by atoms with Gasteiger partial charge in [-0.1, -0.05) is 18.2 Å². The summed E-state index contributed by atoms with van der Waals surface area (Å²) in [6.07, 6.45) is 1.92. The van der Waals surface area contributed by atoms with E-state index in [1.165, 1.54) is 0 Å². The standard InChI is InChI=1S/C14H19N3O/c1-11(15-2)13-6-4-5-7-14(13)18-10-12-8-9-17(3)16-12/h4-9,11,15H,10H2,1-3H3. The molecule has 4 heteroatoms.